The summed E-state index contributed by atoms with van der Waals surface area (Å²) in [6, 6.07) is 0. The number of ether oxygens (including phenoxy) is 4. The Hall–Kier alpha value is -0.460. The van der Waals surface area contributed by atoms with Gasteiger partial charge in [-0.15, -0.1) is 0 Å². The fraction of sp³-hybridized carbons (Fsp3) is 0.909. The smallest absolute Gasteiger partial charge is 0.174 e. The van der Waals surface area contributed by atoms with Crippen molar-refractivity contribution in [2.75, 3.05) is 26.4 Å². The Balaban J connectivity index is 1.34. The lowest BCUT2D eigenvalue weighted by Crippen LogP contribution is -2.54. The van der Waals surface area contributed by atoms with E-state index in [1.54, 1.807) is 5.57 Å². The summed E-state index contributed by atoms with van der Waals surface area (Å²) in [5, 5.41) is 11.3. The van der Waals surface area contributed by atoms with Crippen LogP contribution in [0.25, 0.3) is 0 Å². The Kier molecular flexibility index (Phi) is 3.73. The zero-order chi connectivity index (χ0) is 18.3. The average Bonchev–Trinajstić information content (AvgIpc) is 3.37. The zero-order valence-electron chi connectivity index (χ0n) is 16.4. The van der Waals surface area contributed by atoms with E-state index in [9.17, 15) is 5.11 Å². The minimum absolute atomic E-state index is 0.0714. The lowest BCUT2D eigenvalue weighted by atomic mass is 9.54. The van der Waals surface area contributed by atoms with Gasteiger partial charge in [0.05, 0.1) is 32.5 Å². The number of allylic oxidation sites excluding steroid dienone is 1. The highest BCUT2D eigenvalue weighted by atomic mass is 16.7. The van der Waals surface area contributed by atoms with Crippen LogP contribution in [0.15, 0.2) is 11.1 Å². The van der Waals surface area contributed by atoms with E-state index >= 15 is 0 Å². The van der Waals surface area contributed by atoms with E-state index in [1.165, 1.54) is 18.4 Å². The van der Waals surface area contributed by atoms with Crippen LogP contribution < -0.4 is 0 Å². The Labute approximate surface area is 161 Å². The number of hydrogen-bond acceptors (Lipinski definition) is 5. The SMILES string of the molecule is CC12CC(O)C3=C4CCC5(CC4CCC3C1CCC21OCCO1)OCCO5. The normalized spacial score (nSPS) is 47.3. The lowest BCUT2D eigenvalue weighted by Gasteiger charge is -2.54. The summed E-state index contributed by atoms with van der Waals surface area (Å²) in [6.45, 7) is 5.17. The lowest BCUT2D eigenvalue weighted by molar-refractivity contribution is -0.239. The van der Waals surface area contributed by atoms with E-state index in [0.29, 0.717) is 31.0 Å². The maximum atomic E-state index is 11.3. The van der Waals surface area contributed by atoms with E-state index in [-0.39, 0.29) is 17.3 Å². The van der Waals surface area contributed by atoms with Crippen molar-refractivity contribution in [1.29, 1.82) is 0 Å². The molecule has 2 heterocycles. The van der Waals surface area contributed by atoms with Gasteiger partial charge < -0.3 is 24.1 Å². The second-order valence-electron chi connectivity index (χ2n) is 9.91. The van der Waals surface area contributed by atoms with Crippen LogP contribution in [0, 0.1) is 23.2 Å². The van der Waals surface area contributed by atoms with Gasteiger partial charge in [0.25, 0.3) is 0 Å². The molecule has 6 aliphatic rings. The van der Waals surface area contributed by atoms with Crippen LogP contribution in [0.1, 0.15) is 58.3 Å². The second-order valence-corrected chi connectivity index (χ2v) is 9.91. The molecule has 0 aromatic carbocycles. The summed E-state index contributed by atoms with van der Waals surface area (Å²) >= 11 is 0. The highest BCUT2D eigenvalue weighted by Crippen LogP contribution is 2.66. The van der Waals surface area contributed by atoms with Gasteiger partial charge in [-0.3, -0.25) is 0 Å². The van der Waals surface area contributed by atoms with Gasteiger partial charge in [0.1, 0.15) is 0 Å². The first kappa shape index (κ1) is 17.4. The van der Waals surface area contributed by atoms with Gasteiger partial charge in [0, 0.05) is 24.7 Å². The summed E-state index contributed by atoms with van der Waals surface area (Å²) in [4.78, 5) is 0. The first-order chi connectivity index (χ1) is 13.1. The van der Waals surface area contributed by atoms with E-state index in [4.69, 9.17) is 18.9 Å². The summed E-state index contributed by atoms with van der Waals surface area (Å²) < 4.78 is 24.4. The van der Waals surface area contributed by atoms with Crippen LogP contribution >= 0.6 is 0 Å². The van der Waals surface area contributed by atoms with Crippen molar-refractivity contribution in [3.8, 4) is 0 Å². The average molecular weight is 376 g/mol. The Morgan fingerprint density at radius 2 is 1.63 bits per heavy atom. The standard InChI is InChI=1S/C22H32O5/c1-20-13-18(23)19-15-4-6-21(24-8-9-25-21)12-14(15)2-3-16(19)17(20)5-7-22(20)26-10-11-27-22/h14,16-18,23H,2-13H2,1H3. The Morgan fingerprint density at radius 3 is 2.41 bits per heavy atom. The maximum absolute atomic E-state index is 11.3. The zero-order valence-corrected chi connectivity index (χ0v) is 16.4. The van der Waals surface area contributed by atoms with Crippen molar-refractivity contribution in [3.05, 3.63) is 11.1 Å². The molecule has 5 heteroatoms. The van der Waals surface area contributed by atoms with Crippen molar-refractivity contribution in [2.45, 2.75) is 76.0 Å². The predicted molar refractivity (Wildman–Crippen MR) is 97.8 cm³/mol. The number of aliphatic hydroxyl groups is 1. The highest BCUT2D eigenvalue weighted by molar-refractivity contribution is 5.33. The molecule has 3 saturated carbocycles. The van der Waals surface area contributed by atoms with E-state index in [2.05, 4.69) is 6.92 Å². The molecule has 5 atom stereocenters. The molecule has 0 radical (unpaired) electrons. The highest BCUT2D eigenvalue weighted by Gasteiger charge is 2.66. The van der Waals surface area contributed by atoms with Gasteiger partial charge in [0.15, 0.2) is 11.6 Å². The number of rotatable bonds is 0. The molecular weight excluding hydrogens is 344 g/mol. The molecule has 5 fully saturated rings. The third kappa shape index (κ3) is 2.24. The molecule has 27 heavy (non-hydrogen) atoms. The molecule has 150 valence electrons. The summed E-state index contributed by atoms with van der Waals surface area (Å²) in [7, 11) is 0. The van der Waals surface area contributed by atoms with E-state index in [1.807, 2.05) is 0 Å². The minimum atomic E-state index is -0.451. The predicted octanol–water partition coefficient (Wildman–Crippen LogP) is 3.16. The summed E-state index contributed by atoms with van der Waals surface area (Å²) in [5.41, 5.74) is 2.86. The van der Waals surface area contributed by atoms with Gasteiger partial charge in [0.2, 0.25) is 0 Å². The molecule has 2 spiro atoms. The van der Waals surface area contributed by atoms with Crippen LogP contribution in [0.4, 0.5) is 0 Å². The third-order valence-corrected chi connectivity index (χ3v) is 8.92. The van der Waals surface area contributed by atoms with Gasteiger partial charge in [-0.25, -0.2) is 0 Å². The number of aliphatic hydroxyl groups excluding tert-OH is 1. The maximum Gasteiger partial charge on any atom is 0.174 e. The first-order valence-electron chi connectivity index (χ1n) is 11.0. The van der Waals surface area contributed by atoms with Gasteiger partial charge >= 0.3 is 0 Å². The summed E-state index contributed by atoms with van der Waals surface area (Å²) in [5.74, 6) is 0.803. The molecule has 1 N–H and O–H groups in total. The topological polar surface area (TPSA) is 57.2 Å². The third-order valence-electron chi connectivity index (χ3n) is 8.92. The molecule has 6 rings (SSSR count). The van der Waals surface area contributed by atoms with Crippen LogP contribution in [0.2, 0.25) is 0 Å². The Bertz CT molecular complexity index is 660. The molecule has 5 unspecified atom stereocenters. The van der Waals surface area contributed by atoms with Crippen molar-refractivity contribution >= 4 is 0 Å². The van der Waals surface area contributed by atoms with Gasteiger partial charge in [-0.2, -0.15) is 0 Å². The first-order valence-corrected chi connectivity index (χ1v) is 11.0. The molecule has 0 bridgehead atoms. The van der Waals surface area contributed by atoms with Crippen molar-refractivity contribution < 1.29 is 24.1 Å². The van der Waals surface area contributed by atoms with Crippen LogP contribution in [-0.4, -0.2) is 49.2 Å². The molecule has 0 amide bonds. The van der Waals surface area contributed by atoms with Crippen LogP contribution in [0.5, 0.6) is 0 Å². The fourth-order valence-electron chi connectivity index (χ4n) is 7.82. The molecule has 4 aliphatic carbocycles. The van der Waals surface area contributed by atoms with Crippen LogP contribution in [0.3, 0.4) is 0 Å². The number of hydrogen-bond donors (Lipinski definition) is 1. The fourth-order valence-corrected chi connectivity index (χ4v) is 7.82. The van der Waals surface area contributed by atoms with Crippen molar-refractivity contribution in [3.63, 3.8) is 0 Å². The van der Waals surface area contributed by atoms with Gasteiger partial charge in [-0.05, 0) is 55.4 Å². The molecule has 2 saturated heterocycles. The van der Waals surface area contributed by atoms with Crippen LogP contribution in [-0.2, 0) is 18.9 Å². The van der Waals surface area contributed by atoms with Gasteiger partial charge in [-0.1, -0.05) is 12.5 Å². The molecular formula is C22H32O5. The van der Waals surface area contributed by atoms with E-state index < -0.39 is 5.79 Å². The minimum Gasteiger partial charge on any atom is -0.389 e. The monoisotopic (exact) mass is 376 g/mol. The van der Waals surface area contributed by atoms with Crippen molar-refractivity contribution in [2.24, 2.45) is 23.2 Å². The van der Waals surface area contributed by atoms with E-state index in [0.717, 1.165) is 51.7 Å². The molecule has 5 nitrogen and oxygen atoms in total. The quantitative estimate of drug-likeness (QED) is 0.658. The molecule has 2 aliphatic heterocycles. The Morgan fingerprint density at radius 1 is 0.889 bits per heavy atom. The molecule has 0 aromatic rings. The largest absolute Gasteiger partial charge is 0.389 e. The molecule has 0 aromatic heterocycles. The number of fused-ring (bicyclic) bond motifs is 5. The second kappa shape index (κ2) is 5.79. The summed E-state index contributed by atoms with van der Waals surface area (Å²) in [6.07, 6.45) is 7.88. The van der Waals surface area contributed by atoms with Crippen molar-refractivity contribution in [1.82, 2.24) is 0 Å².